The fourth-order valence-corrected chi connectivity index (χ4v) is 0.492. The van der Waals surface area contributed by atoms with E-state index in [1.54, 1.807) is 6.26 Å². The van der Waals surface area contributed by atoms with Gasteiger partial charge >= 0.3 is 0 Å². The van der Waals surface area contributed by atoms with E-state index in [2.05, 4.69) is 12.6 Å². The molecule has 0 saturated carbocycles. The van der Waals surface area contributed by atoms with Crippen molar-refractivity contribution in [3.63, 3.8) is 0 Å². The molecule has 70 valence electrons. The van der Waals surface area contributed by atoms with Crippen LogP contribution >= 0.6 is 12.6 Å². The predicted molar refractivity (Wildman–Crippen MR) is 49.5 cm³/mol. The van der Waals surface area contributed by atoms with Crippen LogP contribution in [0.15, 0.2) is 21.6 Å². The highest BCUT2D eigenvalue weighted by Gasteiger charge is 1.90. The van der Waals surface area contributed by atoms with E-state index >= 15 is 0 Å². The minimum Gasteiger partial charge on any atom is -0.468 e. The quantitative estimate of drug-likeness (QED) is 0.584. The molecule has 2 N–H and O–H groups in total. The van der Waals surface area contributed by atoms with Crippen LogP contribution in [0.25, 0.3) is 0 Å². The average molecular weight is 190 g/mol. The minimum atomic E-state index is -0.560. The van der Waals surface area contributed by atoms with E-state index < -0.39 is 6.10 Å². The summed E-state index contributed by atoms with van der Waals surface area (Å²) < 4.78 is 4.89. The highest BCUT2D eigenvalue weighted by Crippen LogP contribution is 2.11. The van der Waals surface area contributed by atoms with Crippen LogP contribution in [0.1, 0.15) is 12.7 Å². The van der Waals surface area contributed by atoms with Gasteiger partial charge in [0.25, 0.3) is 0 Å². The second-order valence-corrected chi connectivity index (χ2v) is 2.88. The molecule has 0 spiro atoms. The second-order valence-electron chi connectivity index (χ2n) is 2.39. The molecule has 0 radical (unpaired) electrons. The van der Waals surface area contributed by atoms with E-state index in [4.69, 9.17) is 14.6 Å². The first-order valence-electron chi connectivity index (χ1n) is 3.60. The number of aliphatic hydroxyl groups excluding tert-OH is 2. The van der Waals surface area contributed by atoms with E-state index in [0.717, 1.165) is 10.7 Å². The van der Waals surface area contributed by atoms with Crippen LogP contribution in [0.3, 0.4) is 0 Å². The summed E-state index contributed by atoms with van der Waals surface area (Å²) in [7, 11) is 0. The van der Waals surface area contributed by atoms with E-state index in [9.17, 15) is 0 Å². The first kappa shape index (κ1) is 11.6. The minimum absolute atomic E-state index is 0.139. The second kappa shape index (κ2) is 6.11. The normalized spacial score (nSPS) is 11.8. The van der Waals surface area contributed by atoms with Crippen LogP contribution in [0, 0.1) is 6.92 Å². The van der Waals surface area contributed by atoms with Gasteiger partial charge in [-0.2, -0.15) is 0 Å². The standard InChI is InChI=1S/C5H6OS.C3H8O2/c1-4-5(7)2-3-6-4;1-3(5)2-4/h2-3,7H,1H3;3-5H,2H2,1H3. The fourth-order valence-electron chi connectivity index (χ4n) is 0.378. The molecule has 0 aliphatic heterocycles. The van der Waals surface area contributed by atoms with Crippen LogP contribution in [0.5, 0.6) is 0 Å². The van der Waals surface area contributed by atoms with Crippen LogP contribution in [-0.2, 0) is 0 Å². The van der Waals surface area contributed by atoms with Crippen molar-refractivity contribution in [3.05, 3.63) is 18.1 Å². The molecular formula is C8H14O3S. The lowest BCUT2D eigenvalue weighted by Gasteiger charge is -1.90. The van der Waals surface area contributed by atoms with Crippen LogP contribution in [0.4, 0.5) is 0 Å². The van der Waals surface area contributed by atoms with Crippen molar-refractivity contribution in [3.8, 4) is 0 Å². The van der Waals surface area contributed by atoms with Gasteiger partial charge in [0.1, 0.15) is 5.76 Å². The number of hydrogen-bond donors (Lipinski definition) is 3. The van der Waals surface area contributed by atoms with Crippen molar-refractivity contribution >= 4 is 12.6 Å². The summed E-state index contributed by atoms with van der Waals surface area (Å²) in [6.07, 6.45) is 1.06. The maximum atomic E-state index is 8.11. The fraction of sp³-hybridized carbons (Fsp3) is 0.500. The third kappa shape index (κ3) is 5.23. The van der Waals surface area contributed by atoms with E-state index in [1.165, 1.54) is 6.92 Å². The van der Waals surface area contributed by atoms with Crippen molar-refractivity contribution in [2.24, 2.45) is 0 Å². The molecule has 0 saturated heterocycles. The molecule has 1 heterocycles. The first-order valence-corrected chi connectivity index (χ1v) is 4.04. The Labute approximate surface area is 77.4 Å². The Morgan fingerprint density at radius 3 is 2.25 bits per heavy atom. The monoisotopic (exact) mass is 190 g/mol. The van der Waals surface area contributed by atoms with Crippen LogP contribution in [0.2, 0.25) is 0 Å². The summed E-state index contributed by atoms with van der Waals surface area (Å²) >= 11 is 4.06. The number of furan rings is 1. The Morgan fingerprint density at radius 1 is 1.67 bits per heavy atom. The highest BCUT2D eigenvalue weighted by atomic mass is 32.1. The van der Waals surface area contributed by atoms with Crippen LogP contribution < -0.4 is 0 Å². The Morgan fingerprint density at radius 2 is 2.17 bits per heavy atom. The van der Waals surface area contributed by atoms with Gasteiger partial charge < -0.3 is 14.6 Å². The molecule has 1 atom stereocenters. The zero-order valence-corrected chi connectivity index (χ0v) is 8.08. The SMILES string of the molecule is CC(O)CO.Cc1occc1S. The summed E-state index contributed by atoms with van der Waals surface area (Å²) in [5.41, 5.74) is 0. The number of aryl methyl sites for hydroxylation is 1. The summed E-state index contributed by atoms with van der Waals surface area (Å²) in [5, 5.41) is 16.0. The molecule has 12 heavy (non-hydrogen) atoms. The number of hydrogen-bond acceptors (Lipinski definition) is 4. The van der Waals surface area contributed by atoms with Gasteiger partial charge in [-0.1, -0.05) is 0 Å². The van der Waals surface area contributed by atoms with E-state index in [0.29, 0.717) is 0 Å². The molecule has 0 aliphatic rings. The molecule has 0 aromatic carbocycles. The number of thiol groups is 1. The third-order valence-corrected chi connectivity index (χ3v) is 1.56. The molecule has 0 amide bonds. The van der Waals surface area contributed by atoms with Gasteiger partial charge in [-0.25, -0.2) is 0 Å². The van der Waals surface area contributed by atoms with Crippen LogP contribution in [-0.4, -0.2) is 22.9 Å². The van der Waals surface area contributed by atoms with Crippen molar-refractivity contribution in [1.82, 2.24) is 0 Å². The first-order chi connectivity index (χ1) is 5.57. The van der Waals surface area contributed by atoms with Crippen molar-refractivity contribution in [1.29, 1.82) is 0 Å². The molecule has 0 aliphatic carbocycles. The van der Waals surface area contributed by atoms with Gasteiger partial charge in [0.2, 0.25) is 0 Å². The third-order valence-electron chi connectivity index (χ3n) is 1.10. The molecule has 3 nitrogen and oxygen atoms in total. The van der Waals surface area contributed by atoms with Gasteiger partial charge in [0, 0.05) is 4.90 Å². The lowest BCUT2D eigenvalue weighted by molar-refractivity contribution is 0.110. The molecule has 1 unspecified atom stereocenters. The van der Waals surface area contributed by atoms with E-state index in [-0.39, 0.29) is 6.61 Å². The predicted octanol–water partition coefficient (Wildman–Crippen LogP) is 1.24. The molecule has 1 aromatic rings. The van der Waals surface area contributed by atoms with Gasteiger partial charge in [-0.15, -0.1) is 12.6 Å². The zero-order valence-electron chi connectivity index (χ0n) is 7.19. The van der Waals surface area contributed by atoms with Crippen molar-refractivity contribution in [2.45, 2.75) is 24.8 Å². The van der Waals surface area contributed by atoms with Gasteiger partial charge in [0.05, 0.1) is 19.0 Å². The van der Waals surface area contributed by atoms with Gasteiger partial charge in [0.15, 0.2) is 0 Å². The summed E-state index contributed by atoms with van der Waals surface area (Å²) in [4.78, 5) is 0.917. The molecule has 1 rings (SSSR count). The smallest absolute Gasteiger partial charge is 0.113 e. The Bertz CT molecular complexity index is 191. The van der Waals surface area contributed by atoms with Crippen molar-refractivity contribution < 1.29 is 14.6 Å². The molecule has 4 heteroatoms. The Hall–Kier alpha value is -0.450. The molecule has 1 aromatic heterocycles. The zero-order chi connectivity index (χ0) is 9.56. The van der Waals surface area contributed by atoms with Crippen molar-refractivity contribution in [2.75, 3.05) is 6.61 Å². The number of aliphatic hydroxyl groups is 2. The Balaban J connectivity index is 0.000000217. The largest absolute Gasteiger partial charge is 0.468 e. The lowest BCUT2D eigenvalue weighted by atomic mass is 10.5. The van der Waals surface area contributed by atoms with Gasteiger partial charge in [-0.3, -0.25) is 0 Å². The highest BCUT2D eigenvalue weighted by molar-refractivity contribution is 7.80. The lowest BCUT2D eigenvalue weighted by Crippen LogP contribution is -2.03. The maximum absolute atomic E-state index is 8.11. The maximum Gasteiger partial charge on any atom is 0.113 e. The summed E-state index contributed by atoms with van der Waals surface area (Å²) in [6, 6.07) is 1.82. The molecule has 0 fully saturated rings. The van der Waals surface area contributed by atoms with E-state index in [1.807, 2.05) is 13.0 Å². The topological polar surface area (TPSA) is 53.6 Å². The average Bonchev–Trinajstić information content (AvgIpc) is 2.37. The molecule has 0 bridgehead atoms. The number of rotatable bonds is 1. The summed E-state index contributed by atoms with van der Waals surface area (Å²) in [6.45, 7) is 3.27. The summed E-state index contributed by atoms with van der Waals surface area (Å²) in [5.74, 6) is 0.878. The Kier molecular flexibility index (Phi) is 5.88. The molecular weight excluding hydrogens is 176 g/mol. The van der Waals surface area contributed by atoms with Gasteiger partial charge in [-0.05, 0) is 19.9 Å².